The van der Waals surface area contributed by atoms with Gasteiger partial charge < -0.3 is 9.73 Å². The zero-order valence-corrected chi connectivity index (χ0v) is 11.6. The molecule has 0 fully saturated rings. The van der Waals surface area contributed by atoms with Crippen LogP contribution in [0.25, 0.3) is 22.0 Å². The van der Waals surface area contributed by atoms with E-state index in [2.05, 4.69) is 41.5 Å². The molecule has 3 nitrogen and oxygen atoms in total. The molecule has 3 rings (SSSR count). The highest BCUT2D eigenvalue weighted by Crippen LogP contribution is 2.27. The van der Waals surface area contributed by atoms with Gasteiger partial charge in [-0.05, 0) is 36.7 Å². The number of furan rings is 1. The molecule has 2 aromatic heterocycles. The minimum absolute atomic E-state index is 0.760. The molecule has 3 heteroatoms. The van der Waals surface area contributed by atoms with Crippen molar-refractivity contribution < 1.29 is 4.42 Å². The monoisotopic (exact) mass is 266 g/mol. The molecule has 0 aliphatic heterocycles. The van der Waals surface area contributed by atoms with Crippen molar-refractivity contribution in [2.45, 2.75) is 19.9 Å². The Labute approximate surface area is 118 Å². The first-order chi connectivity index (χ1) is 9.88. The Morgan fingerprint density at radius 2 is 2.15 bits per heavy atom. The Kier molecular flexibility index (Phi) is 3.79. The van der Waals surface area contributed by atoms with Crippen LogP contribution >= 0.6 is 0 Å². The van der Waals surface area contributed by atoms with E-state index in [-0.39, 0.29) is 0 Å². The van der Waals surface area contributed by atoms with Gasteiger partial charge in [0.2, 0.25) is 0 Å². The number of benzene rings is 1. The Balaban J connectivity index is 1.92. The fourth-order valence-corrected chi connectivity index (χ4v) is 2.35. The third-order valence-electron chi connectivity index (χ3n) is 3.37. The molecule has 0 aliphatic rings. The number of hydrogen-bond donors (Lipinski definition) is 1. The van der Waals surface area contributed by atoms with Gasteiger partial charge >= 0.3 is 0 Å². The SMILES string of the molecule is CCCNCc1occc1-c1ccc2cccnc2c1. The Morgan fingerprint density at radius 1 is 1.20 bits per heavy atom. The van der Waals surface area contributed by atoms with Gasteiger partial charge in [-0.15, -0.1) is 0 Å². The zero-order valence-electron chi connectivity index (χ0n) is 11.6. The first-order valence-electron chi connectivity index (χ1n) is 7.00. The van der Waals surface area contributed by atoms with Gasteiger partial charge in [0, 0.05) is 17.1 Å². The highest BCUT2D eigenvalue weighted by Gasteiger charge is 2.09. The normalized spacial score (nSPS) is 11.1. The first-order valence-corrected chi connectivity index (χ1v) is 7.00. The number of hydrogen-bond acceptors (Lipinski definition) is 3. The van der Waals surface area contributed by atoms with Gasteiger partial charge in [-0.2, -0.15) is 0 Å². The van der Waals surface area contributed by atoms with Gasteiger partial charge in [-0.1, -0.05) is 25.1 Å². The molecular formula is C17H18N2O. The number of pyridine rings is 1. The number of rotatable bonds is 5. The molecule has 1 aromatic carbocycles. The Morgan fingerprint density at radius 3 is 3.05 bits per heavy atom. The minimum atomic E-state index is 0.760. The number of fused-ring (bicyclic) bond motifs is 1. The molecule has 0 aliphatic carbocycles. The second-order valence-corrected chi connectivity index (χ2v) is 4.85. The lowest BCUT2D eigenvalue weighted by atomic mass is 10.0. The van der Waals surface area contributed by atoms with Crippen LogP contribution in [0.5, 0.6) is 0 Å². The zero-order chi connectivity index (χ0) is 13.8. The lowest BCUT2D eigenvalue weighted by Gasteiger charge is -2.05. The molecule has 1 N–H and O–H groups in total. The second-order valence-electron chi connectivity index (χ2n) is 4.85. The van der Waals surface area contributed by atoms with Crippen molar-refractivity contribution >= 4 is 10.9 Å². The largest absolute Gasteiger partial charge is 0.467 e. The predicted octanol–water partition coefficient (Wildman–Crippen LogP) is 3.99. The molecule has 0 atom stereocenters. The molecule has 0 saturated carbocycles. The summed E-state index contributed by atoms with van der Waals surface area (Å²) in [6.07, 6.45) is 4.70. The van der Waals surface area contributed by atoms with Crippen molar-refractivity contribution in [2.24, 2.45) is 0 Å². The van der Waals surface area contributed by atoms with E-state index in [4.69, 9.17) is 4.42 Å². The fraction of sp³-hybridized carbons (Fsp3) is 0.235. The third kappa shape index (κ3) is 2.58. The van der Waals surface area contributed by atoms with Crippen LogP contribution in [0.15, 0.2) is 53.3 Å². The summed E-state index contributed by atoms with van der Waals surface area (Å²) in [7, 11) is 0. The Hall–Kier alpha value is -2.13. The molecule has 0 amide bonds. The van der Waals surface area contributed by atoms with Gasteiger partial charge in [0.05, 0.1) is 18.3 Å². The third-order valence-corrected chi connectivity index (χ3v) is 3.37. The van der Waals surface area contributed by atoms with Gasteiger partial charge in [-0.25, -0.2) is 0 Å². The van der Waals surface area contributed by atoms with Crippen LogP contribution in [-0.4, -0.2) is 11.5 Å². The molecule has 0 radical (unpaired) electrons. The maximum absolute atomic E-state index is 5.59. The van der Waals surface area contributed by atoms with Crippen molar-refractivity contribution in [3.63, 3.8) is 0 Å². The first kappa shape index (κ1) is 12.9. The number of nitrogens with zero attached hydrogens (tertiary/aromatic N) is 1. The van der Waals surface area contributed by atoms with Crippen molar-refractivity contribution in [3.05, 3.63) is 54.6 Å². The van der Waals surface area contributed by atoms with Crippen LogP contribution in [0.1, 0.15) is 19.1 Å². The van der Waals surface area contributed by atoms with Crippen molar-refractivity contribution in [3.8, 4) is 11.1 Å². The highest BCUT2D eigenvalue weighted by molar-refractivity contribution is 5.84. The molecule has 0 unspecified atom stereocenters. The summed E-state index contributed by atoms with van der Waals surface area (Å²) in [5.41, 5.74) is 3.30. The van der Waals surface area contributed by atoms with Crippen LogP contribution in [0.3, 0.4) is 0 Å². The summed E-state index contributed by atoms with van der Waals surface area (Å²) in [5, 5.41) is 4.53. The Bertz CT molecular complexity index is 703. The predicted molar refractivity (Wildman–Crippen MR) is 81.4 cm³/mol. The van der Waals surface area contributed by atoms with E-state index in [0.29, 0.717) is 0 Å². The fourth-order valence-electron chi connectivity index (χ4n) is 2.35. The average Bonchev–Trinajstić information content (AvgIpc) is 2.95. The summed E-state index contributed by atoms with van der Waals surface area (Å²) in [4.78, 5) is 4.41. The lowest BCUT2D eigenvalue weighted by Crippen LogP contribution is -2.13. The van der Waals surface area contributed by atoms with Crippen molar-refractivity contribution in [1.29, 1.82) is 0 Å². The standard InChI is InChI=1S/C17H18N2O/c1-2-8-18-12-17-15(7-10-20-17)14-6-5-13-4-3-9-19-16(13)11-14/h3-7,9-11,18H,2,8,12H2,1H3. The van der Waals surface area contributed by atoms with E-state index < -0.39 is 0 Å². The number of aromatic nitrogens is 1. The van der Waals surface area contributed by atoms with E-state index in [1.807, 2.05) is 18.3 Å². The minimum Gasteiger partial charge on any atom is -0.467 e. The smallest absolute Gasteiger partial charge is 0.125 e. The van der Waals surface area contributed by atoms with Gasteiger partial charge in [0.1, 0.15) is 5.76 Å². The molecule has 3 aromatic rings. The summed E-state index contributed by atoms with van der Waals surface area (Å²) in [5.74, 6) is 0.980. The van der Waals surface area contributed by atoms with E-state index >= 15 is 0 Å². The average molecular weight is 266 g/mol. The lowest BCUT2D eigenvalue weighted by molar-refractivity contribution is 0.484. The maximum atomic E-state index is 5.59. The van der Waals surface area contributed by atoms with Crippen LogP contribution in [0, 0.1) is 0 Å². The van der Waals surface area contributed by atoms with E-state index in [0.717, 1.165) is 47.3 Å². The summed E-state index contributed by atoms with van der Waals surface area (Å²) >= 11 is 0. The highest BCUT2D eigenvalue weighted by atomic mass is 16.3. The van der Waals surface area contributed by atoms with Crippen LogP contribution in [0.4, 0.5) is 0 Å². The van der Waals surface area contributed by atoms with Crippen LogP contribution in [-0.2, 0) is 6.54 Å². The summed E-state index contributed by atoms with van der Waals surface area (Å²) < 4.78 is 5.59. The van der Waals surface area contributed by atoms with Crippen LogP contribution < -0.4 is 5.32 Å². The molecule has 102 valence electrons. The number of nitrogens with one attached hydrogen (secondary N) is 1. The van der Waals surface area contributed by atoms with Crippen molar-refractivity contribution in [2.75, 3.05) is 6.54 Å². The van der Waals surface area contributed by atoms with E-state index in [1.165, 1.54) is 0 Å². The van der Waals surface area contributed by atoms with Gasteiger partial charge in [0.25, 0.3) is 0 Å². The molecular weight excluding hydrogens is 248 g/mol. The second kappa shape index (κ2) is 5.88. The molecule has 20 heavy (non-hydrogen) atoms. The van der Waals surface area contributed by atoms with Gasteiger partial charge in [-0.3, -0.25) is 4.98 Å². The molecule has 0 spiro atoms. The topological polar surface area (TPSA) is 38.1 Å². The summed E-state index contributed by atoms with van der Waals surface area (Å²) in [6.45, 7) is 3.92. The van der Waals surface area contributed by atoms with E-state index in [1.54, 1.807) is 6.26 Å². The summed E-state index contributed by atoms with van der Waals surface area (Å²) in [6, 6.07) is 12.4. The molecule has 0 bridgehead atoms. The van der Waals surface area contributed by atoms with Crippen molar-refractivity contribution in [1.82, 2.24) is 10.3 Å². The van der Waals surface area contributed by atoms with E-state index in [9.17, 15) is 0 Å². The van der Waals surface area contributed by atoms with Gasteiger partial charge in [0.15, 0.2) is 0 Å². The quantitative estimate of drug-likeness (QED) is 0.709. The maximum Gasteiger partial charge on any atom is 0.125 e. The van der Waals surface area contributed by atoms with Crippen LogP contribution in [0.2, 0.25) is 0 Å². The molecule has 0 saturated heterocycles. The molecule has 2 heterocycles.